The van der Waals surface area contributed by atoms with Crippen LogP contribution in [0.3, 0.4) is 0 Å². The highest BCUT2D eigenvalue weighted by atomic mass is 16.5. The predicted molar refractivity (Wildman–Crippen MR) is 50.8 cm³/mol. The number of esters is 1. The predicted octanol–water partition coefficient (Wildman–Crippen LogP) is 0.758. The molecule has 0 unspecified atom stereocenters. The summed E-state index contributed by atoms with van der Waals surface area (Å²) in [4.78, 5) is 18.4. The molecule has 1 aromatic rings. The third-order valence-electron chi connectivity index (χ3n) is 1.49. The molecular weight excluding hydrogens is 200 g/mol. The van der Waals surface area contributed by atoms with E-state index in [9.17, 15) is 9.90 Å². The van der Waals surface area contributed by atoms with Crippen molar-refractivity contribution in [2.45, 2.75) is 13.8 Å². The van der Waals surface area contributed by atoms with Gasteiger partial charge in [-0.15, -0.1) is 0 Å². The molecule has 0 radical (unpaired) electrons. The van der Waals surface area contributed by atoms with Gasteiger partial charge in [0, 0.05) is 0 Å². The standard InChI is InChI=1S/C9H12N2O4/c1-3-14-6-5-10-7(11-8(6)12)9(13)15-4-2/h5H,3-4H2,1-2H3,(H,10,11,12). The van der Waals surface area contributed by atoms with Gasteiger partial charge in [0.05, 0.1) is 19.4 Å². The number of aromatic nitrogens is 2. The molecule has 0 saturated carbocycles. The molecule has 0 spiro atoms. The van der Waals surface area contributed by atoms with Gasteiger partial charge in [0.1, 0.15) is 0 Å². The Morgan fingerprint density at radius 1 is 1.47 bits per heavy atom. The van der Waals surface area contributed by atoms with Crippen LogP contribution in [0.1, 0.15) is 24.5 Å². The summed E-state index contributed by atoms with van der Waals surface area (Å²) in [6.07, 6.45) is 1.23. The van der Waals surface area contributed by atoms with E-state index in [0.29, 0.717) is 6.61 Å². The number of rotatable bonds is 4. The molecule has 0 atom stereocenters. The van der Waals surface area contributed by atoms with Crippen molar-refractivity contribution in [3.8, 4) is 11.6 Å². The molecule has 1 rings (SSSR count). The fraction of sp³-hybridized carbons (Fsp3) is 0.444. The SMILES string of the molecule is CCOC(=O)c1ncc(OCC)c(O)n1. The fourth-order valence-electron chi connectivity index (χ4n) is 0.913. The van der Waals surface area contributed by atoms with Crippen molar-refractivity contribution < 1.29 is 19.4 Å². The Hall–Kier alpha value is -1.85. The van der Waals surface area contributed by atoms with Crippen LogP contribution in [0.2, 0.25) is 0 Å². The zero-order valence-corrected chi connectivity index (χ0v) is 8.56. The van der Waals surface area contributed by atoms with E-state index in [1.165, 1.54) is 6.20 Å². The van der Waals surface area contributed by atoms with Gasteiger partial charge in [-0.25, -0.2) is 9.78 Å². The molecule has 0 saturated heterocycles. The number of hydrogen-bond acceptors (Lipinski definition) is 6. The molecule has 1 aromatic heterocycles. The summed E-state index contributed by atoms with van der Waals surface area (Å²) in [6.45, 7) is 4.05. The number of carbonyl (C=O) groups excluding carboxylic acids is 1. The Labute approximate surface area is 86.9 Å². The van der Waals surface area contributed by atoms with Gasteiger partial charge in [-0.3, -0.25) is 0 Å². The highest BCUT2D eigenvalue weighted by Crippen LogP contribution is 2.21. The van der Waals surface area contributed by atoms with Gasteiger partial charge in [-0.05, 0) is 13.8 Å². The number of hydrogen-bond donors (Lipinski definition) is 1. The second-order valence-corrected chi connectivity index (χ2v) is 2.53. The van der Waals surface area contributed by atoms with Crippen LogP contribution in [-0.4, -0.2) is 34.3 Å². The summed E-state index contributed by atoms with van der Waals surface area (Å²) in [6, 6.07) is 0. The van der Waals surface area contributed by atoms with E-state index in [0.717, 1.165) is 0 Å². The first kappa shape index (κ1) is 11.2. The Bertz CT molecular complexity index is 354. The number of nitrogens with zero attached hydrogens (tertiary/aromatic N) is 2. The van der Waals surface area contributed by atoms with Crippen molar-refractivity contribution >= 4 is 5.97 Å². The monoisotopic (exact) mass is 212 g/mol. The van der Waals surface area contributed by atoms with E-state index in [-0.39, 0.29) is 24.1 Å². The summed E-state index contributed by atoms with van der Waals surface area (Å²) >= 11 is 0. The van der Waals surface area contributed by atoms with E-state index < -0.39 is 5.97 Å². The van der Waals surface area contributed by atoms with E-state index in [2.05, 4.69) is 14.7 Å². The molecular formula is C9H12N2O4. The topological polar surface area (TPSA) is 81.5 Å². The zero-order chi connectivity index (χ0) is 11.3. The second kappa shape index (κ2) is 5.14. The summed E-state index contributed by atoms with van der Waals surface area (Å²) in [5.41, 5.74) is 0. The van der Waals surface area contributed by atoms with E-state index in [1.807, 2.05) is 0 Å². The van der Waals surface area contributed by atoms with Gasteiger partial charge >= 0.3 is 5.97 Å². The van der Waals surface area contributed by atoms with Gasteiger partial charge in [0.25, 0.3) is 5.88 Å². The lowest BCUT2D eigenvalue weighted by atomic mass is 10.5. The van der Waals surface area contributed by atoms with Crippen LogP contribution in [0.25, 0.3) is 0 Å². The molecule has 0 amide bonds. The molecule has 1 heterocycles. The minimum atomic E-state index is -0.671. The first-order chi connectivity index (χ1) is 7.19. The third-order valence-corrected chi connectivity index (χ3v) is 1.49. The average molecular weight is 212 g/mol. The Kier molecular flexibility index (Phi) is 3.84. The minimum absolute atomic E-state index is 0.144. The summed E-state index contributed by atoms with van der Waals surface area (Å²) in [7, 11) is 0. The molecule has 82 valence electrons. The smallest absolute Gasteiger partial charge is 0.376 e. The van der Waals surface area contributed by atoms with Crippen LogP contribution in [0.5, 0.6) is 11.6 Å². The molecule has 1 N–H and O–H groups in total. The second-order valence-electron chi connectivity index (χ2n) is 2.53. The lowest BCUT2D eigenvalue weighted by molar-refractivity contribution is 0.0510. The van der Waals surface area contributed by atoms with Crippen LogP contribution in [0.15, 0.2) is 6.20 Å². The number of ether oxygens (including phenoxy) is 2. The molecule has 0 aliphatic rings. The van der Waals surface area contributed by atoms with Crippen molar-refractivity contribution in [1.29, 1.82) is 0 Å². The maximum absolute atomic E-state index is 11.2. The molecule has 0 aliphatic carbocycles. The average Bonchev–Trinajstić information content (AvgIpc) is 2.21. The lowest BCUT2D eigenvalue weighted by Crippen LogP contribution is -2.09. The zero-order valence-electron chi connectivity index (χ0n) is 8.56. The van der Waals surface area contributed by atoms with Crippen LogP contribution in [0.4, 0.5) is 0 Å². The van der Waals surface area contributed by atoms with Crippen LogP contribution in [0, 0.1) is 0 Å². The van der Waals surface area contributed by atoms with Crippen LogP contribution < -0.4 is 4.74 Å². The summed E-state index contributed by atoms with van der Waals surface area (Å²) in [5.74, 6) is -1.07. The van der Waals surface area contributed by atoms with Crippen LogP contribution >= 0.6 is 0 Å². The molecule has 0 aliphatic heterocycles. The Morgan fingerprint density at radius 2 is 2.20 bits per heavy atom. The Balaban J connectivity index is 2.86. The largest absolute Gasteiger partial charge is 0.491 e. The third kappa shape index (κ3) is 2.80. The van der Waals surface area contributed by atoms with Gasteiger partial charge in [0.15, 0.2) is 5.75 Å². The normalized spacial score (nSPS) is 9.73. The van der Waals surface area contributed by atoms with Crippen molar-refractivity contribution in [2.24, 2.45) is 0 Å². The maximum Gasteiger partial charge on any atom is 0.376 e. The molecule has 6 heteroatoms. The van der Waals surface area contributed by atoms with Gasteiger partial charge in [-0.2, -0.15) is 4.98 Å². The summed E-state index contributed by atoms with van der Waals surface area (Å²) in [5, 5.41) is 9.36. The first-order valence-electron chi connectivity index (χ1n) is 4.55. The highest BCUT2D eigenvalue weighted by Gasteiger charge is 2.13. The molecule has 0 aromatic carbocycles. The van der Waals surface area contributed by atoms with Crippen LogP contribution in [-0.2, 0) is 4.74 Å². The molecule has 0 fully saturated rings. The van der Waals surface area contributed by atoms with Gasteiger partial charge in [0.2, 0.25) is 5.82 Å². The fourth-order valence-corrected chi connectivity index (χ4v) is 0.913. The van der Waals surface area contributed by atoms with Crippen molar-refractivity contribution in [1.82, 2.24) is 9.97 Å². The summed E-state index contributed by atoms with van der Waals surface area (Å²) < 4.78 is 9.67. The number of aromatic hydroxyl groups is 1. The first-order valence-corrected chi connectivity index (χ1v) is 4.55. The van der Waals surface area contributed by atoms with E-state index in [1.54, 1.807) is 13.8 Å². The maximum atomic E-state index is 11.2. The van der Waals surface area contributed by atoms with Gasteiger partial charge in [-0.1, -0.05) is 0 Å². The number of carbonyl (C=O) groups is 1. The lowest BCUT2D eigenvalue weighted by Gasteiger charge is -2.05. The Morgan fingerprint density at radius 3 is 2.73 bits per heavy atom. The van der Waals surface area contributed by atoms with Crippen molar-refractivity contribution in [3.63, 3.8) is 0 Å². The van der Waals surface area contributed by atoms with Gasteiger partial charge < -0.3 is 14.6 Å². The minimum Gasteiger partial charge on any atom is -0.491 e. The highest BCUT2D eigenvalue weighted by molar-refractivity contribution is 5.85. The molecule has 0 bridgehead atoms. The quantitative estimate of drug-likeness (QED) is 0.742. The molecule has 15 heavy (non-hydrogen) atoms. The van der Waals surface area contributed by atoms with Crippen molar-refractivity contribution in [3.05, 3.63) is 12.0 Å². The molecule has 6 nitrogen and oxygen atoms in total. The van der Waals surface area contributed by atoms with E-state index >= 15 is 0 Å². The van der Waals surface area contributed by atoms with Crippen molar-refractivity contribution in [2.75, 3.05) is 13.2 Å². The van der Waals surface area contributed by atoms with E-state index in [4.69, 9.17) is 4.74 Å².